The molecule has 90 valence electrons. The van der Waals surface area contributed by atoms with Crippen molar-refractivity contribution in [2.45, 2.75) is 11.0 Å². The Balaban J connectivity index is 0.00000256. The molecule has 0 aromatic heterocycles. The van der Waals surface area contributed by atoms with E-state index in [4.69, 9.17) is 14.9 Å². The van der Waals surface area contributed by atoms with Crippen LogP contribution < -0.4 is 23.6 Å². The Bertz CT molecular complexity index is 429. The number of hydrogen-bond acceptors (Lipinski definition) is 6. The standard InChI is InChI=1S/C9H12O6S.Li/c10-5-7(11)6-15-8-1-3-9(4-2-8)16(12,13)14;/h1-4,7,10-11H,5-6H2,(H,12,13,14);/q;+1/p-1. The molecule has 1 unspecified atom stereocenters. The molecule has 0 bridgehead atoms. The second kappa shape index (κ2) is 7.01. The predicted molar refractivity (Wildman–Crippen MR) is 53.0 cm³/mol. The molecule has 2 N–H and O–H groups in total. The van der Waals surface area contributed by atoms with Crippen molar-refractivity contribution < 1.29 is 46.8 Å². The van der Waals surface area contributed by atoms with Gasteiger partial charge in [-0.05, 0) is 24.3 Å². The Hall–Kier alpha value is -0.553. The third-order valence-corrected chi connectivity index (χ3v) is 2.62. The predicted octanol–water partition coefficient (Wildman–Crippen LogP) is -3.67. The van der Waals surface area contributed by atoms with Crippen LogP contribution in [0.5, 0.6) is 5.75 Å². The van der Waals surface area contributed by atoms with E-state index in [0.29, 0.717) is 5.75 Å². The molecule has 1 aromatic rings. The van der Waals surface area contributed by atoms with E-state index in [1.165, 1.54) is 12.1 Å². The van der Waals surface area contributed by atoms with Crippen molar-refractivity contribution in [1.82, 2.24) is 0 Å². The van der Waals surface area contributed by atoms with Crippen LogP contribution in [-0.4, -0.2) is 42.5 Å². The molecule has 0 radical (unpaired) electrons. The van der Waals surface area contributed by atoms with Crippen molar-refractivity contribution in [2.24, 2.45) is 0 Å². The third kappa shape index (κ3) is 5.54. The molecule has 0 saturated heterocycles. The van der Waals surface area contributed by atoms with Crippen LogP contribution in [0.15, 0.2) is 29.2 Å². The van der Waals surface area contributed by atoms with Crippen LogP contribution in [-0.2, 0) is 10.1 Å². The second-order valence-electron chi connectivity index (χ2n) is 3.07. The molecular formula is C9H11LiO6S. The van der Waals surface area contributed by atoms with Crippen LogP contribution >= 0.6 is 0 Å². The van der Waals surface area contributed by atoms with Crippen LogP contribution in [0.4, 0.5) is 0 Å². The Kier molecular flexibility index (Phi) is 6.78. The average Bonchev–Trinajstić information content (AvgIpc) is 2.25. The van der Waals surface area contributed by atoms with E-state index in [1.807, 2.05) is 0 Å². The SMILES string of the molecule is O=S(=O)([O-])c1ccc(OCC(O)CO)cc1.[Li+]. The first-order valence-electron chi connectivity index (χ1n) is 4.41. The van der Waals surface area contributed by atoms with E-state index >= 15 is 0 Å². The first-order chi connectivity index (χ1) is 7.43. The van der Waals surface area contributed by atoms with Gasteiger partial charge in [0.1, 0.15) is 28.6 Å². The third-order valence-electron chi connectivity index (χ3n) is 1.77. The van der Waals surface area contributed by atoms with Gasteiger partial charge in [0, 0.05) is 0 Å². The van der Waals surface area contributed by atoms with Gasteiger partial charge in [-0.1, -0.05) is 0 Å². The minimum atomic E-state index is -4.45. The van der Waals surface area contributed by atoms with Gasteiger partial charge in [-0.15, -0.1) is 0 Å². The molecule has 8 heteroatoms. The summed E-state index contributed by atoms with van der Waals surface area (Å²) in [5.74, 6) is 0.305. The molecule has 0 heterocycles. The van der Waals surface area contributed by atoms with Crippen LogP contribution in [0.2, 0.25) is 0 Å². The molecule has 0 saturated carbocycles. The number of rotatable bonds is 5. The van der Waals surface area contributed by atoms with Crippen molar-refractivity contribution in [3.8, 4) is 5.75 Å². The zero-order chi connectivity index (χ0) is 12.2. The summed E-state index contributed by atoms with van der Waals surface area (Å²) in [5, 5.41) is 17.5. The molecule has 0 aliphatic carbocycles. The maximum atomic E-state index is 10.6. The van der Waals surface area contributed by atoms with Gasteiger partial charge in [0.25, 0.3) is 0 Å². The molecule has 1 rings (SSSR count). The van der Waals surface area contributed by atoms with E-state index in [-0.39, 0.29) is 30.4 Å². The molecule has 17 heavy (non-hydrogen) atoms. The summed E-state index contributed by atoms with van der Waals surface area (Å²) >= 11 is 0. The average molecular weight is 254 g/mol. The van der Waals surface area contributed by atoms with Crippen molar-refractivity contribution in [3.05, 3.63) is 24.3 Å². The fourth-order valence-corrected chi connectivity index (χ4v) is 1.42. The van der Waals surface area contributed by atoms with Gasteiger partial charge in [0.15, 0.2) is 0 Å². The maximum Gasteiger partial charge on any atom is 1.00 e. The molecular weight excluding hydrogens is 243 g/mol. The molecule has 0 aliphatic heterocycles. The minimum Gasteiger partial charge on any atom is -0.744 e. The molecule has 0 aliphatic rings. The number of ether oxygens (including phenoxy) is 1. The Morgan fingerprint density at radius 2 is 1.82 bits per heavy atom. The fraction of sp³-hybridized carbons (Fsp3) is 0.333. The molecule has 0 spiro atoms. The summed E-state index contributed by atoms with van der Waals surface area (Å²) in [4.78, 5) is -0.345. The van der Waals surface area contributed by atoms with Crippen LogP contribution in [0.25, 0.3) is 0 Å². The number of aliphatic hydroxyl groups is 2. The largest absolute Gasteiger partial charge is 1.00 e. The summed E-state index contributed by atoms with van der Waals surface area (Å²) in [6, 6.07) is 4.83. The first kappa shape index (κ1) is 16.4. The van der Waals surface area contributed by atoms with E-state index in [0.717, 1.165) is 12.1 Å². The summed E-state index contributed by atoms with van der Waals surface area (Å²) in [7, 11) is -4.45. The summed E-state index contributed by atoms with van der Waals surface area (Å²) in [6.07, 6.45) is -0.997. The Labute approximate surface area is 111 Å². The Morgan fingerprint density at radius 3 is 2.24 bits per heavy atom. The van der Waals surface area contributed by atoms with Gasteiger partial charge in [-0.2, -0.15) is 0 Å². The van der Waals surface area contributed by atoms with Crippen molar-refractivity contribution >= 4 is 10.1 Å². The van der Waals surface area contributed by atoms with Gasteiger partial charge >= 0.3 is 18.9 Å². The molecule has 1 aromatic carbocycles. The zero-order valence-electron chi connectivity index (χ0n) is 9.24. The molecule has 0 amide bonds. The molecule has 6 nitrogen and oxygen atoms in total. The molecule has 0 fully saturated rings. The zero-order valence-corrected chi connectivity index (χ0v) is 10.1. The number of hydrogen-bond donors (Lipinski definition) is 2. The quantitative estimate of drug-likeness (QED) is 0.414. The van der Waals surface area contributed by atoms with Gasteiger partial charge in [-0.3, -0.25) is 0 Å². The normalized spacial score (nSPS) is 12.6. The van der Waals surface area contributed by atoms with E-state index in [9.17, 15) is 13.0 Å². The summed E-state index contributed by atoms with van der Waals surface area (Å²) in [6.45, 7) is -0.535. The topological polar surface area (TPSA) is 107 Å². The van der Waals surface area contributed by atoms with Crippen LogP contribution in [0, 0.1) is 0 Å². The van der Waals surface area contributed by atoms with Crippen molar-refractivity contribution in [3.63, 3.8) is 0 Å². The Morgan fingerprint density at radius 1 is 1.29 bits per heavy atom. The van der Waals surface area contributed by atoms with Gasteiger partial charge in [-0.25, -0.2) is 8.42 Å². The number of aliphatic hydroxyl groups excluding tert-OH is 2. The van der Waals surface area contributed by atoms with Gasteiger partial charge < -0.3 is 19.5 Å². The van der Waals surface area contributed by atoms with E-state index in [2.05, 4.69) is 0 Å². The van der Waals surface area contributed by atoms with Crippen LogP contribution in [0.3, 0.4) is 0 Å². The van der Waals surface area contributed by atoms with Gasteiger partial charge in [0.2, 0.25) is 0 Å². The second-order valence-corrected chi connectivity index (χ2v) is 4.45. The summed E-state index contributed by atoms with van der Waals surface area (Å²) in [5.41, 5.74) is 0. The smallest absolute Gasteiger partial charge is 0.744 e. The van der Waals surface area contributed by atoms with E-state index < -0.39 is 22.8 Å². The minimum absolute atomic E-state index is 0. The maximum absolute atomic E-state index is 10.6. The summed E-state index contributed by atoms with van der Waals surface area (Å²) < 4.78 is 36.8. The van der Waals surface area contributed by atoms with Gasteiger partial charge in [0.05, 0.1) is 11.5 Å². The monoisotopic (exact) mass is 254 g/mol. The first-order valence-corrected chi connectivity index (χ1v) is 5.82. The van der Waals surface area contributed by atoms with Crippen molar-refractivity contribution in [1.29, 1.82) is 0 Å². The van der Waals surface area contributed by atoms with E-state index in [1.54, 1.807) is 0 Å². The van der Waals surface area contributed by atoms with Crippen molar-refractivity contribution in [2.75, 3.05) is 13.2 Å². The fourth-order valence-electron chi connectivity index (χ4n) is 0.948. The van der Waals surface area contributed by atoms with Crippen LogP contribution in [0.1, 0.15) is 0 Å². The number of benzene rings is 1. The molecule has 1 atom stereocenters.